The van der Waals surface area contributed by atoms with Crippen LogP contribution in [0.4, 0.5) is 5.69 Å². The largest absolute Gasteiger partial charge is 0.351 e. The van der Waals surface area contributed by atoms with Crippen LogP contribution < -0.4 is 5.32 Å². The third kappa shape index (κ3) is 4.03. The summed E-state index contributed by atoms with van der Waals surface area (Å²) in [6, 6.07) is 8.70. The summed E-state index contributed by atoms with van der Waals surface area (Å²) < 4.78 is 0. The van der Waals surface area contributed by atoms with Gasteiger partial charge in [-0.05, 0) is 31.0 Å². The van der Waals surface area contributed by atoms with Crippen LogP contribution in [0, 0.1) is 17.0 Å². The molecule has 5 nitrogen and oxygen atoms in total. The molecule has 21 heavy (non-hydrogen) atoms. The smallest absolute Gasteiger partial charge is 0.283 e. The first-order chi connectivity index (χ1) is 9.97. The number of amides is 1. The number of carbonyl (C=O) groups is 1. The molecule has 0 aliphatic carbocycles. The molecule has 0 unspecified atom stereocenters. The molecular formula is C14H13ClN2O3S. The number of nitro groups is 1. The SMILES string of the molecule is Cc1sc(C(=O)NCCc2ccc(Cl)cc2)cc1[N+](=O)[O-]. The maximum atomic E-state index is 11.9. The fourth-order valence-corrected chi connectivity index (χ4v) is 2.85. The van der Waals surface area contributed by atoms with Crippen molar-refractivity contribution >= 4 is 34.5 Å². The molecule has 1 aromatic carbocycles. The number of thiophene rings is 1. The van der Waals surface area contributed by atoms with Crippen LogP contribution in [0.5, 0.6) is 0 Å². The molecule has 0 atom stereocenters. The lowest BCUT2D eigenvalue weighted by atomic mass is 10.1. The quantitative estimate of drug-likeness (QED) is 0.674. The van der Waals surface area contributed by atoms with Crippen molar-refractivity contribution in [3.8, 4) is 0 Å². The molecule has 7 heteroatoms. The van der Waals surface area contributed by atoms with Gasteiger partial charge < -0.3 is 5.32 Å². The highest BCUT2D eigenvalue weighted by Gasteiger charge is 2.19. The molecule has 0 spiro atoms. The highest BCUT2D eigenvalue weighted by atomic mass is 35.5. The summed E-state index contributed by atoms with van der Waals surface area (Å²) in [4.78, 5) is 23.1. The third-order valence-corrected chi connectivity index (χ3v) is 4.22. The van der Waals surface area contributed by atoms with Gasteiger partial charge in [-0.25, -0.2) is 0 Å². The van der Waals surface area contributed by atoms with Crippen molar-refractivity contribution in [1.82, 2.24) is 5.32 Å². The number of hydrogen-bond donors (Lipinski definition) is 1. The fourth-order valence-electron chi connectivity index (χ4n) is 1.82. The summed E-state index contributed by atoms with van der Waals surface area (Å²) in [5.41, 5.74) is 1.05. The maximum absolute atomic E-state index is 11.9. The van der Waals surface area contributed by atoms with Gasteiger partial charge in [0.2, 0.25) is 0 Å². The lowest BCUT2D eigenvalue weighted by Crippen LogP contribution is -2.24. The van der Waals surface area contributed by atoms with E-state index in [0.29, 0.717) is 27.7 Å². The van der Waals surface area contributed by atoms with Crippen LogP contribution in [0.25, 0.3) is 0 Å². The van der Waals surface area contributed by atoms with E-state index in [1.807, 2.05) is 12.1 Å². The molecule has 1 amide bonds. The van der Waals surface area contributed by atoms with E-state index in [0.717, 1.165) is 16.9 Å². The van der Waals surface area contributed by atoms with E-state index >= 15 is 0 Å². The van der Waals surface area contributed by atoms with Crippen molar-refractivity contribution in [2.75, 3.05) is 6.54 Å². The van der Waals surface area contributed by atoms with Gasteiger partial charge in [0.15, 0.2) is 0 Å². The van der Waals surface area contributed by atoms with Crippen molar-refractivity contribution in [2.45, 2.75) is 13.3 Å². The molecule has 0 saturated carbocycles. The van der Waals surface area contributed by atoms with Crippen LogP contribution in [-0.4, -0.2) is 17.4 Å². The Balaban J connectivity index is 1.91. The number of nitrogens with zero attached hydrogens (tertiary/aromatic N) is 1. The van der Waals surface area contributed by atoms with Crippen LogP contribution in [0.1, 0.15) is 20.1 Å². The Labute approximate surface area is 130 Å². The van der Waals surface area contributed by atoms with Gasteiger partial charge in [-0.3, -0.25) is 14.9 Å². The van der Waals surface area contributed by atoms with Gasteiger partial charge in [0.05, 0.1) is 14.7 Å². The van der Waals surface area contributed by atoms with Gasteiger partial charge in [-0.15, -0.1) is 11.3 Å². The molecule has 0 saturated heterocycles. The average Bonchev–Trinajstić information content (AvgIpc) is 2.83. The van der Waals surface area contributed by atoms with E-state index < -0.39 is 4.92 Å². The van der Waals surface area contributed by atoms with Crippen molar-refractivity contribution in [3.63, 3.8) is 0 Å². The molecule has 1 heterocycles. The summed E-state index contributed by atoms with van der Waals surface area (Å²) >= 11 is 6.92. The lowest BCUT2D eigenvalue weighted by Gasteiger charge is -2.03. The Kier molecular flexibility index (Phi) is 4.93. The zero-order valence-electron chi connectivity index (χ0n) is 11.3. The molecule has 0 bridgehead atoms. The highest BCUT2D eigenvalue weighted by molar-refractivity contribution is 7.14. The number of benzene rings is 1. The van der Waals surface area contributed by atoms with Gasteiger partial charge in [0, 0.05) is 17.6 Å². The molecule has 110 valence electrons. The van der Waals surface area contributed by atoms with E-state index in [2.05, 4.69) is 5.32 Å². The fraction of sp³-hybridized carbons (Fsp3) is 0.214. The monoisotopic (exact) mass is 324 g/mol. The zero-order chi connectivity index (χ0) is 15.4. The van der Waals surface area contributed by atoms with E-state index in [1.165, 1.54) is 6.07 Å². The summed E-state index contributed by atoms with van der Waals surface area (Å²) in [6.07, 6.45) is 0.676. The van der Waals surface area contributed by atoms with Crippen molar-refractivity contribution in [3.05, 3.63) is 60.8 Å². The van der Waals surface area contributed by atoms with Gasteiger partial charge in [-0.2, -0.15) is 0 Å². The Bertz CT molecular complexity index is 667. The molecule has 1 N–H and O–H groups in total. The normalized spacial score (nSPS) is 10.4. The first-order valence-electron chi connectivity index (χ1n) is 6.25. The van der Waals surface area contributed by atoms with Crippen LogP contribution in [0.2, 0.25) is 5.02 Å². The van der Waals surface area contributed by atoms with E-state index in [1.54, 1.807) is 19.1 Å². The Hall–Kier alpha value is -1.92. The lowest BCUT2D eigenvalue weighted by molar-refractivity contribution is -0.385. The van der Waals surface area contributed by atoms with Gasteiger partial charge in [-0.1, -0.05) is 23.7 Å². The van der Waals surface area contributed by atoms with Gasteiger partial charge in [0.1, 0.15) is 0 Å². The van der Waals surface area contributed by atoms with Gasteiger partial charge in [0.25, 0.3) is 11.6 Å². The highest BCUT2D eigenvalue weighted by Crippen LogP contribution is 2.27. The minimum absolute atomic E-state index is 0.0112. The first kappa shape index (κ1) is 15.5. The third-order valence-electron chi connectivity index (χ3n) is 2.92. The second kappa shape index (κ2) is 6.69. The Morgan fingerprint density at radius 3 is 2.62 bits per heavy atom. The molecule has 0 radical (unpaired) electrons. The zero-order valence-corrected chi connectivity index (χ0v) is 12.8. The number of hydrogen-bond acceptors (Lipinski definition) is 4. The van der Waals surface area contributed by atoms with Crippen LogP contribution in [0.15, 0.2) is 30.3 Å². The van der Waals surface area contributed by atoms with Gasteiger partial charge >= 0.3 is 0 Å². The van der Waals surface area contributed by atoms with Crippen LogP contribution in [-0.2, 0) is 6.42 Å². The van der Waals surface area contributed by atoms with E-state index in [-0.39, 0.29) is 11.6 Å². The topological polar surface area (TPSA) is 72.2 Å². The van der Waals surface area contributed by atoms with E-state index in [4.69, 9.17) is 11.6 Å². The van der Waals surface area contributed by atoms with Crippen LogP contribution in [0.3, 0.4) is 0 Å². The van der Waals surface area contributed by atoms with Crippen molar-refractivity contribution in [2.24, 2.45) is 0 Å². The molecule has 2 rings (SSSR count). The minimum Gasteiger partial charge on any atom is -0.351 e. The standard InChI is InChI=1S/C14H13ClN2O3S/c1-9-12(17(19)20)8-13(21-9)14(18)16-7-6-10-2-4-11(15)5-3-10/h2-5,8H,6-7H2,1H3,(H,16,18). The Morgan fingerprint density at radius 2 is 2.05 bits per heavy atom. The summed E-state index contributed by atoms with van der Waals surface area (Å²) in [5, 5.41) is 14.2. The molecule has 0 fully saturated rings. The predicted octanol–water partition coefficient (Wildman–Crippen LogP) is 3.59. The number of rotatable bonds is 5. The molecule has 2 aromatic rings. The maximum Gasteiger partial charge on any atom is 0.283 e. The number of carbonyl (C=O) groups excluding carboxylic acids is 1. The molecular weight excluding hydrogens is 312 g/mol. The summed E-state index contributed by atoms with van der Waals surface area (Å²) in [6.45, 7) is 2.10. The number of halogens is 1. The first-order valence-corrected chi connectivity index (χ1v) is 7.44. The summed E-state index contributed by atoms with van der Waals surface area (Å²) in [7, 11) is 0. The number of nitrogens with one attached hydrogen (secondary N) is 1. The summed E-state index contributed by atoms with van der Waals surface area (Å²) in [5.74, 6) is -0.287. The average molecular weight is 325 g/mol. The Morgan fingerprint density at radius 1 is 1.38 bits per heavy atom. The second-order valence-corrected chi connectivity index (χ2v) is 6.13. The second-order valence-electron chi connectivity index (χ2n) is 4.44. The number of aryl methyl sites for hydroxylation is 1. The molecule has 0 aliphatic rings. The van der Waals surface area contributed by atoms with E-state index in [9.17, 15) is 14.9 Å². The van der Waals surface area contributed by atoms with Crippen molar-refractivity contribution in [1.29, 1.82) is 0 Å². The molecule has 1 aromatic heterocycles. The minimum atomic E-state index is -0.476. The predicted molar refractivity (Wildman–Crippen MR) is 83.2 cm³/mol. The van der Waals surface area contributed by atoms with Crippen molar-refractivity contribution < 1.29 is 9.72 Å². The molecule has 0 aliphatic heterocycles. The van der Waals surface area contributed by atoms with Crippen LogP contribution >= 0.6 is 22.9 Å².